The molecule has 18 heavy (non-hydrogen) atoms. The van der Waals surface area contributed by atoms with Gasteiger partial charge in [0.2, 0.25) is 0 Å². The number of fused-ring (bicyclic) bond motifs is 1. The van der Waals surface area contributed by atoms with Crippen LogP contribution >= 0.6 is 11.3 Å². The standard InChI is InChI=1S/C14H18N2OS/c1-14(6-8-17-9-7-14)10-15-13-16-11-4-2-3-5-12(11)18-13/h2-5H,6-10H2,1H3,(H,15,16). The number of ether oxygens (including phenoxy) is 1. The van der Waals surface area contributed by atoms with Crippen molar-refractivity contribution in [1.29, 1.82) is 0 Å². The summed E-state index contributed by atoms with van der Waals surface area (Å²) in [6.07, 6.45) is 2.26. The molecule has 0 amide bonds. The van der Waals surface area contributed by atoms with Gasteiger partial charge in [-0.2, -0.15) is 0 Å². The van der Waals surface area contributed by atoms with Gasteiger partial charge in [0.05, 0.1) is 10.2 Å². The van der Waals surface area contributed by atoms with Crippen LogP contribution in [-0.4, -0.2) is 24.7 Å². The quantitative estimate of drug-likeness (QED) is 0.919. The Morgan fingerprint density at radius 1 is 1.33 bits per heavy atom. The van der Waals surface area contributed by atoms with Gasteiger partial charge in [-0.25, -0.2) is 4.98 Å². The van der Waals surface area contributed by atoms with E-state index in [2.05, 4.69) is 35.4 Å². The molecule has 2 heterocycles. The highest BCUT2D eigenvalue weighted by molar-refractivity contribution is 7.22. The smallest absolute Gasteiger partial charge is 0.183 e. The molecule has 1 aromatic carbocycles. The molecular weight excluding hydrogens is 244 g/mol. The van der Waals surface area contributed by atoms with Crippen molar-refractivity contribution in [2.45, 2.75) is 19.8 Å². The molecule has 3 rings (SSSR count). The average molecular weight is 262 g/mol. The van der Waals surface area contributed by atoms with Crippen molar-refractivity contribution in [3.8, 4) is 0 Å². The molecule has 3 nitrogen and oxygen atoms in total. The lowest BCUT2D eigenvalue weighted by Crippen LogP contribution is -2.33. The predicted molar refractivity (Wildman–Crippen MR) is 76.3 cm³/mol. The van der Waals surface area contributed by atoms with Crippen molar-refractivity contribution in [2.75, 3.05) is 25.1 Å². The molecule has 1 aliphatic heterocycles. The molecule has 2 aromatic rings. The molecular formula is C14H18N2OS. The molecule has 0 unspecified atom stereocenters. The van der Waals surface area contributed by atoms with E-state index in [1.807, 2.05) is 6.07 Å². The van der Waals surface area contributed by atoms with Crippen molar-refractivity contribution >= 4 is 26.7 Å². The highest BCUT2D eigenvalue weighted by Crippen LogP contribution is 2.31. The molecule has 96 valence electrons. The predicted octanol–water partition coefficient (Wildman–Crippen LogP) is 3.52. The third-order valence-electron chi connectivity index (χ3n) is 3.66. The topological polar surface area (TPSA) is 34.2 Å². The molecule has 0 spiro atoms. The van der Waals surface area contributed by atoms with Crippen LogP contribution in [0.4, 0.5) is 5.13 Å². The summed E-state index contributed by atoms with van der Waals surface area (Å²) >= 11 is 1.73. The highest BCUT2D eigenvalue weighted by Gasteiger charge is 2.27. The fourth-order valence-corrected chi connectivity index (χ4v) is 3.14. The minimum Gasteiger partial charge on any atom is -0.381 e. The van der Waals surface area contributed by atoms with Gasteiger partial charge in [-0.1, -0.05) is 30.4 Å². The second-order valence-electron chi connectivity index (χ2n) is 5.26. The SMILES string of the molecule is CC1(CNc2nc3ccccc3s2)CCOCC1. The van der Waals surface area contributed by atoms with Crippen molar-refractivity contribution in [1.82, 2.24) is 4.98 Å². The molecule has 0 aliphatic carbocycles. The second kappa shape index (κ2) is 4.86. The van der Waals surface area contributed by atoms with Crippen LogP contribution in [0.3, 0.4) is 0 Å². The van der Waals surface area contributed by atoms with E-state index in [0.717, 1.165) is 43.2 Å². The summed E-state index contributed by atoms with van der Waals surface area (Å²) in [6, 6.07) is 8.28. The van der Waals surface area contributed by atoms with E-state index in [-0.39, 0.29) is 0 Å². The van der Waals surface area contributed by atoms with Crippen LogP contribution in [0.2, 0.25) is 0 Å². The first-order valence-corrected chi connectivity index (χ1v) is 7.24. The molecule has 1 N–H and O–H groups in total. The average Bonchev–Trinajstić information content (AvgIpc) is 2.80. The second-order valence-corrected chi connectivity index (χ2v) is 6.29. The van der Waals surface area contributed by atoms with Gasteiger partial charge in [0, 0.05) is 19.8 Å². The number of benzene rings is 1. The number of hydrogen-bond acceptors (Lipinski definition) is 4. The van der Waals surface area contributed by atoms with Crippen LogP contribution in [0.1, 0.15) is 19.8 Å². The molecule has 1 saturated heterocycles. The van der Waals surface area contributed by atoms with Gasteiger partial charge in [-0.3, -0.25) is 0 Å². The van der Waals surface area contributed by atoms with Crippen LogP contribution in [0.5, 0.6) is 0 Å². The molecule has 4 heteroatoms. The van der Waals surface area contributed by atoms with Crippen molar-refractivity contribution in [3.05, 3.63) is 24.3 Å². The van der Waals surface area contributed by atoms with E-state index in [4.69, 9.17) is 4.74 Å². The van der Waals surface area contributed by atoms with Crippen LogP contribution in [0, 0.1) is 5.41 Å². The summed E-state index contributed by atoms with van der Waals surface area (Å²) in [6.45, 7) is 5.09. The molecule has 1 fully saturated rings. The summed E-state index contributed by atoms with van der Waals surface area (Å²) in [4.78, 5) is 4.60. The van der Waals surface area contributed by atoms with E-state index < -0.39 is 0 Å². The number of nitrogens with one attached hydrogen (secondary N) is 1. The minimum absolute atomic E-state index is 0.343. The van der Waals surface area contributed by atoms with Crippen molar-refractivity contribution in [3.63, 3.8) is 0 Å². The Kier molecular flexibility index (Phi) is 3.22. The van der Waals surface area contributed by atoms with Crippen molar-refractivity contribution < 1.29 is 4.74 Å². The van der Waals surface area contributed by atoms with Gasteiger partial charge in [-0.05, 0) is 30.4 Å². The molecule has 0 saturated carbocycles. The number of thiazole rings is 1. The van der Waals surface area contributed by atoms with Gasteiger partial charge in [0.15, 0.2) is 5.13 Å². The lowest BCUT2D eigenvalue weighted by molar-refractivity contribution is 0.0300. The molecule has 0 radical (unpaired) electrons. The number of para-hydroxylation sites is 1. The van der Waals surface area contributed by atoms with E-state index >= 15 is 0 Å². The van der Waals surface area contributed by atoms with E-state index in [1.54, 1.807) is 11.3 Å². The van der Waals surface area contributed by atoms with Crippen LogP contribution in [-0.2, 0) is 4.74 Å². The third kappa shape index (κ3) is 2.49. The van der Waals surface area contributed by atoms with Gasteiger partial charge in [-0.15, -0.1) is 0 Å². The summed E-state index contributed by atoms with van der Waals surface area (Å²) in [5.41, 5.74) is 1.43. The zero-order valence-electron chi connectivity index (χ0n) is 10.6. The third-order valence-corrected chi connectivity index (χ3v) is 4.65. The monoisotopic (exact) mass is 262 g/mol. The van der Waals surface area contributed by atoms with E-state index in [1.165, 1.54) is 4.70 Å². The zero-order chi connectivity index (χ0) is 12.4. The Balaban J connectivity index is 1.69. The van der Waals surface area contributed by atoms with E-state index in [9.17, 15) is 0 Å². The van der Waals surface area contributed by atoms with Gasteiger partial charge in [0.1, 0.15) is 0 Å². The lowest BCUT2D eigenvalue weighted by atomic mass is 9.82. The molecule has 0 atom stereocenters. The zero-order valence-corrected chi connectivity index (χ0v) is 11.4. The maximum Gasteiger partial charge on any atom is 0.183 e. The summed E-state index contributed by atoms with van der Waals surface area (Å²) in [5, 5.41) is 4.53. The number of hydrogen-bond donors (Lipinski definition) is 1. The summed E-state index contributed by atoms with van der Waals surface area (Å²) in [7, 11) is 0. The first kappa shape index (κ1) is 11.9. The number of rotatable bonds is 3. The first-order chi connectivity index (χ1) is 8.75. The highest BCUT2D eigenvalue weighted by atomic mass is 32.1. The van der Waals surface area contributed by atoms with E-state index in [0.29, 0.717) is 5.41 Å². The Morgan fingerprint density at radius 2 is 2.11 bits per heavy atom. The largest absolute Gasteiger partial charge is 0.381 e. The Labute approximate surface area is 111 Å². The fourth-order valence-electron chi connectivity index (χ4n) is 2.28. The number of nitrogens with zero attached hydrogens (tertiary/aromatic N) is 1. The van der Waals surface area contributed by atoms with Gasteiger partial charge in [0.25, 0.3) is 0 Å². The number of aromatic nitrogens is 1. The molecule has 0 bridgehead atoms. The lowest BCUT2D eigenvalue weighted by Gasteiger charge is -2.33. The Bertz CT molecular complexity index is 498. The fraction of sp³-hybridized carbons (Fsp3) is 0.500. The normalized spacial score (nSPS) is 18.9. The summed E-state index contributed by atoms with van der Waals surface area (Å²) < 4.78 is 6.67. The van der Waals surface area contributed by atoms with Crippen LogP contribution < -0.4 is 5.32 Å². The van der Waals surface area contributed by atoms with Crippen molar-refractivity contribution in [2.24, 2.45) is 5.41 Å². The first-order valence-electron chi connectivity index (χ1n) is 6.42. The Morgan fingerprint density at radius 3 is 2.89 bits per heavy atom. The van der Waals surface area contributed by atoms with Gasteiger partial charge >= 0.3 is 0 Å². The summed E-state index contributed by atoms with van der Waals surface area (Å²) in [5.74, 6) is 0. The number of anilines is 1. The minimum atomic E-state index is 0.343. The van der Waals surface area contributed by atoms with Crippen LogP contribution in [0.25, 0.3) is 10.2 Å². The molecule has 1 aromatic heterocycles. The van der Waals surface area contributed by atoms with Gasteiger partial charge < -0.3 is 10.1 Å². The Hall–Kier alpha value is -1.13. The maximum atomic E-state index is 5.42. The van der Waals surface area contributed by atoms with Crippen LogP contribution in [0.15, 0.2) is 24.3 Å². The maximum absolute atomic E-state index is 5.42. The molecule has 1 aliphatic rings.